The molecule has 0 aromatic heterocycles. The molecule has 1 unspecified atom stereocenters. The van der Waals surface area contributed by atoms with E-state index in [0.29, 0.717) is 6.54 Å². The molecule has 1 amide bonds. The molecule has 1 rings (SSSR count). The Hall–Kier alpha value is -1.55. The first-order valence-corrected chi connectivity index (χ1v) is 6.37. The smallest absolute Gasteiger partial charge is 0.234 e. The summed E-state index contributed by atoms with van der Waals surface area (Å²) in [6.07, 6.45) is 0.961. The molecule has 0 heterocycles. The van der Waals surface area contributed by atoms with E-state index in [1.54, 1.807) is 0 Å². The molecule has 0 bridgehead atoms. The first-order valence-electron chi connectivity index (χ1n) is 6.37. The molecule has 0 aliphatic rings. The van der Waals surface area contributed by atoms with Crippen LogP contribution in [-0.2, 0) is 4.79 Å². The van der Waals surface area contributed by atoms with Crippen molar-refractivity contribution >= 4 is 11.6 Å². The highest BCUT2D eigenvalue weighted by molar-refractivity contribution is 5.78. The zero-order chi connectivity index (χ0) is 13.5. The lowest BCUT2D eigenvalue weighted by molar-refractivity contribution is -0.122. The standard InChI is InChI=1S/C14H23N3O/c1-4-9-16-14(18)10-17(3)11(2)12-5-7-13(15)8-6-12/h5-8,11H,4,9-10,15H2,1-3H3,(H,16,18). The van der Waals surface area contributed by atoms with Gasteiger partial charge in [0.2, 0.25) is 5.91 Å². The first-order chi connectivity index (χ1) is 8.54. The summed E-state index contributed by atoms with van der Waals surface area (Å²) in [5.41, 5.74) is 7.58. The van der Waals surface area contributed by atoms with Gasteiger partial charge in [-0.25, -0.2) is 0 Å². The predicted molar refractivity (Wildman–Crippen MR) is 75.2 cm³/mol. The second-order valence-electron chi connectivity index (χ2n) is 4.61. The van der Waals surface area contributed by atoms with Crippen molar-refractivity contribution in [3.05, 3.63) is 29.8 Å². The quantitative estimate of drug-likeness (QED) is 0.756. The average molecular weight is 249 g/mol. The van der Waals surface area contributed by atoms with Gasteiger partial charge in [0.1, 0.15) is 0 Å². The van der Waals surface area contributed by atoms with E-state index in [2.05, 4.69) is 12.2 Å². The number of anilines is 1. The Labute approximate surface area is 109 Å². The third-order valence-corrected chi connectivity index (χ3v) is 3.05. The summed E-state index contributed by atoms with van der Waals surface area (Å²) in [7, 11) is 1.95. The number of nitrogens with zero attached hydrogens (tertiary/aromatic N) is 1. The molecule has 4 nitrogen and oxygen atoms in total. The summed E-state index contributed by atoms with van der Waals surface area (Å²) in [6, 6.07) is 7.96. The number of benzene rings is 1. The highest BCUT2D eigenvalue weighted by atomic mass is 16.2. The second kappa shape index (κ2) is 7.01. The van der Waals surface area contributed by atoms with E-state index >= 15 is 0 Å². The van der Waals surface area contributed by atoms with Crippen molar-refractivity contribution < 1.29 is 4.79 Å². The van der Waals surface area contributed by atoms with Crippen molar-refractivity contribution in [2.45, 2.75) is 26.3 Å². The lowest BCUT2D eigenvalue weighted by atomic mass is 10.1. The Morgan fingerprint density at radius 3 is 2.56 bits per heavy atom. The molecule has 0 saturated heterocycles. The van der Waals surface area contributed by atoms with Crippen LogP contribution >= 0.6 is 0 Å². The van der Waals surface area contributed by atoms with Crippen LogP contribution in [0.5, 0.6) is 0 Å². The molecule has 1 aromatic rings. The van der Waals surface area contributed by atoms with Crippen LogP contribution in [0, 0.1) is 0 Å². The van der Waals surface area contributed by atoms with E-state index in [-0.39, 0.29) is 11.9 Å². The van der Waals surface area contributed by atoms with Gasteiger partial charge in [0.15, 0.2) is 0 Å². The minimum atomic E-state index is 0.0710. The fourth-order valence-electron chi connectivity index (χ4n) is 1.71. The third kappa shape index (κ3) is 4.37. The molecule has 4 heteroatoms. The number of carbonyl (C=O) groups excluding carboxylic acids is 1. The summed E-state index contributed by atoms with van der Waals surface area (Å²) in [5, 5.41) is 2.88. The van der Waals surface area contributed by atoms with Crippen molar-refractivity contribution in [1.29, 1.82) is 0 Å². The molecule has 0 aliphatic heterocycles. The third-order valence-electron chi connectivity index (χ3n) is 3.05. The summed E-state index contributed by atoms with van der Waals surface area (Å²) in [5.74, 6) is 0.0710. The minimum absolute atomic E-state index is 0.0710. The average Bonchev–Trinajstić information content (AvgIpc) is 2.36. The number of amides is 1. The number of hydrogen-bond donors (Lipinski definition) is 2. The molecule has 1 atom stereocenters. The van der Waals surface area contributed by atoms with Crippen molar-refractivity contribution in [2.75, 3.05) is 25.9 Å². The monoisotopic (exact) mass is 249 g/mol. The van der Waals surface area contributed by atoms with Crippen molar-refractivity contribution in [3.63, 3.8) is 0 Å². The summed E-state index contributed by atoms with van der Waals surface area (Å²) in [6.45, 7) is 5.27. The molecule has 3 N–H and O–H groups in total. The van der Waals surface area contributed by atoms with Crippen LogP contribution in [0.3, 0.4) is 0 Å². The van der Waals surface area contributed by atoms with E-state index in [1.165, 1.54) is 0 Å². The Morgan fingerprint density at radius 2 is 2.00 bits per heavy atom. The first kappa shape index (κ1) is 14.5. The Kier molecular flexibility index (Phi) is 5.65. The molecule has 100 valence electrons. The maximum absolute atomic E-state index is 11.6. The molecule has 0 radical (unpaired) electrons. The number of nitrogens with one attached hydrogen (secondary N) is 1. The number of hydrogen-bond acceptors (Lipinski definition) is 3. The Bertz CT molecular complexity index is 375. The van der Waals surface area contributed by atoms with Crippen LogP contribution in [0.15, 0.2) is 24.3 Å². The molecule has 0 saturated carbocycles. The number of likely N-dealkylation sites (N-methyl/N-ethyl adjacent to an activating group) is 1. The van der Waals surface area contributed by atoms with E-state index < -0.39 is 0 Å². The van der Waals surface area contributed by atoms with Crippen LogP contribution in [0.2, 0.25) is 0 Å². The van der Waals surface area contributed by atoms with Crippen LogP contribution in [0.25, 0.3) is 0 Å². The molecule has 0 aliphatic carbocycles. The highest BCUT2D eigenvalue weighted by Crippen LogP contribution is 2.19. The van der Waals surface area contributed by atoms with Gasteiger partial charge in [0, 0.05) is 18.3 Å². The molecule has 0 fully saturated rings. The minimum Gasteiger partial charge on any atom is -0.399 e. The topological polar surface area (TPSA) is 58.4 Å². The van der Waals surface area contributed by atoms with Gasteiger partial charge in [-0.2, -0.15) is 0 Å². The van der Waals surface area contributed by atoms with Gasteiger partial charge in [0.05, 0.1) is 6.54 Å². The number of nitrogen functional groups attached to an aromatic ring is 1. The fraction of sp³-hybridized carbons (Fsp3) is 0.500. The number of carbonyl (C=O) groups is 1. The van der Waals surface area contributed by atoms with Gasteiger partial charge in [0.25, 0.3) is 0 Å². The van der Waals surface area contributed by atoms with Crippen molar-refractivity contribution in [2.24, 2.45) is 0 Å². The predicted octanol–water partition coefficient (Wildman–Crippen LogP) is 1.79. The summed E-state index contributed by atoms with van der Waals surface area (Å²) in [4.78, 5) is 13.7. The molecular weight excluding hydrogens is 226 g/mol. The zero-order valence-corrected chi connectivity index (χ0v) is 11.4. The van der Waals surface area contributed by atoms with Crippen LogP contribution in [0.4, 0.5) is 5.69 Å². The van der Waals surface area contributed by atoms with E-state index in [9.17, 15) is 4.79 Å². The SMILES string of the molecule is CCCNC(=O)CN(C)C(C)c1ccc(N)cc1. The van der Waals surface area contributed by atoms with Crippen molar-refractivity contribution in [3.8, 4) is 0 Å². The van der Waals surface area contributed by atoms with Crippen LogP contribution in [-0.4, -0.2) is 30.9 Å². The van der Waals surface area contributed by atoms with Crippen LogP contribution in [0.1, 0.15) is 31.9 Å². The number of rotatable bonds is 6. The van der Waals surface area contributed by atoms with Gasteiger partial charge < -0.3 is 11.1 Å². The fourth-order valence-corrected chi connectivity index (χ4v) is 1.71. The molecule has 0 spiro atoms. The Morgan fingerprint density at radius 1 is 1.39 bits per heavy atom. The summed E-state index contributed by atoms with van der Waals surface area (Å²) < 4.78 is 0. The number of nitrogens with two attached hydrogens (primary N) is 1. The molecule has 1 aromatic carbocycles. The van der Waals surface area contributed by atoms with Crippen molar-refractivity contribution in [1.82, 2.24) is 10.2 Å². The summed E-state index contributed by atoms with van der Waals surface area (Å²) >= 11 is 0. The maximum atomic E-state index is 11.6. The van der Waals surface area contributed by atoms with E-state index in [4.69, 9.17) is 5.73 Å². The van der Waals surface area contributed by atoms with Gasteiger partial charge in [-0.15, -0.1) is 0 Å². The zero-order valence-electron chi connectivity index (χ0n) is 11.4. The lowest BCUT2D eigenvalue weighted by Gasteiger charge is -2.24. The normalized spacial score (nSPS) is 12.4. The van der Waals surface area contributed by atoms with Gasteiger partial charge >= 0.3 is 0 Å². The lowest BCUT2D eigenvalue weighted by Crippen LogP contribution is -2.36. The largest absolute Gasteiger partial charge is 0.399 e. The maximum Gasteiger partial charge on any atom is 0.234 e. The van der Waals surface area contributed by atoms with E-state index in [1.807, 2.05) is 43.1 Å². The van der Waals surface area contributed by atoms with Gasteiger partial charge in [-0.3, -0.25) is 9.69 Å². The van der Waals surface area contributed by atoms with Gasteiger partial charge in [-0.05, 0) is 38.1 Å². The highest BCUT2D eigenvalue weighted by Gasteiger charge is 2.14. The molecular formula is C14H23N3O. The van der Waals surface area contributed by atoms with Crippen LogP contribution < -0.4 is 11.1 Å². The van der Waals surface area contributed by atoms with E-state index in [0.717, 1.165) is 24.2 Å². The van der Waals surface area contributed by atoms with Gasteiger partial charge in [-0.1, -0.05) is 19.1 Å². The second-order valence-corrected chi connectivity index (χ2v) is 4.61. The Balaban J connectivity index is 2.53. The molecule has 18 heavy (non-hydrogen) atoms.